The van der Waals surface area contributed by atoms with Gasteiger partial charge in [-0.3, -0.25) is 9.47 Å². The van der Waals surface area contributed by atoms with E-state index in [4.69, 9.17) is 9.47 Å². The predicted molar refractivity (Wildman–Crippen MR) is 149 cm³/mol. The third-order valence-electron chi connectivity index (χ3n) is 7.49. The Morgan fingerprint density at radius 3 is 2.36 bits per heavy atom. The van der Waals surface area contributed by atoms with Gasteiger partial charge in [0.25, 0.3) is 0 Å². The first-order valence-corrected chi connectivity index (χ1v) is 14.1. The lowest BCUT2D eigenvalue weighted by molar-refractivity contribution is -0.389. The highest BCUT2D eigenvalue weighted by atomic mass is 19.4. The molecule has 42 heavy (non-hydrogen) atoms. The monoisotopic (exact) mass is 589 g/mol. The van der Waals surface area contributed by atoms with Crippen LogP contribution < -0.4 is 19.1 Å². The Morgan fingerprint density at radius 2 is 1.67 bits per heavy atom. The number of rotatable bonds is 12. The number of piperazine rings is 1. The van der Waals surface area contributed by atoms with Crippen molar-refractivity contribution in [1.82, 2.24) is 14.5 Å². The Balaban J connectivity index is 0.958. The first-order valence-electron chi connectivity index (χ1n) is 14.1. The fourth-order valence-electron chi connectivity index (χ4n) is 5.21. The third kappa shape index (κ3) is 8.28. The lowest BCUT2D eigenvalue weighted by atomic mass is 10.1. The lowest BCUT2D eigenvalue weighted by Gasteiger charge is -2.36. The van der Waals surface area contributed by atoms with Crippen LogP contribution in [0.2, 0.25) is 0 Å². The van der Waals surface area contributed by atoms with Crippen molar-refractivity contribution in [2.75, 3.05) is 44.2 Å². The number of alkyl halides is 3. The number of fused-ring (bicyclic) bond motifs is 1. The molecule has 1 atom stereocenters. The molecule has 0 saturated carbocycles. The van der Waals surface area contributed by atoms with Crippen molar-refractivity contribution in [3.05, 3.63) is 70.4 Å². The summed E-state index contributed by atoms with van der Waals surface area (Å²) in [7, 11) is 0. The number of nitro groups is 1. The summed E-state index contributed by atoms with van der Waals surface area (Å²) in [4.78, 5) is 19.2. The van der Waals surface area contributed by atoms with Gasteiger partial charge in [-0.1, -0.05) is 18.6 Å². The van der Waals surface area contributed by atoms with Crippen LogP contribution in [0.15, 0.2) is 54.7 Å². The van der Waals surface area contributed by atoms with Gasteiger partial charge >= 0.3 is 18.2 Å². The van der Waals surface area contributed by atoms with Crippen LogP contribution in [0.25, 0.3) is 0 Å². The average Bonchev–Trinajstić information content (AvgIpc) is 3.41. The van der Waals surface area contributed by atoms with Crippen molar-refractivity contribution in [3.63, 3.8) is 0 Å². The van der Waals surface area contributed by atoms with Gasteiger partial charge in [0.1, 0.15) is 30.4 Å². The molecule has 2 aromatic carbocycles. The van der Waals surface area contributed by atoms with E-state index in [-0.39, 0.29) is 23.7 Å². The number of imidazole rings is 1. The number of halogens is 3. The summed E-state index contributed by atoms with van der Waals surface area (Å²) in [5.41, 5.74) is 2.16. The van der Waals surface area contributed by atoms with Gasteiger partial charge in [-0.2, -0.15) is 0 Å². The molecule has 1 fully saturated rings. The average molecular weight is 590 g/mol. The van der Waals surface area contributed by atoms with E-state index < -0.39 is 11.3 Å². The standard InChI is InChI=1S/C29H34F3N5O5/c30-29(31,32)42-25-9-5-22(6-10-25)4-2-1-3-14-34-16-18-35(19-17-34)23-7-11-24(12-8-23)40-21-26-13-15-36-20-27(37(38)39)33-28(36)41-26/h5-12,20,26H,1-4,13-19,21H2/t26-/m0/s1. The quantitative estimate of drug-likeness (QED) is 0.156. The highest BCUT2D eigenvalue weighted by Gasteiger charge is 2.31. The number of aromatic nitrogens is 2. The molecule has 0 radical (unpaired) electrons. The molecule has 0 amide bonds. The summed E-state index contributed by atoms with van der Waals surface area (Å²) >= 11 is 0. The van der Waals surface area contributed by atoms with Gasteiger partial charge < -0.3 is 29.2 Å². The van der Waals surface area contributed by atoms with Crippen LogP contribution >= 0.6 is 0 Å². The number of hydrogen-bond donors (Lipinski definition) is 0. The number of nitrogens with zero attached hydrogens (tertiary/aromatic N) is 5. The van der Waals surface area contributed by atoms with Crippen LogP contribution in [0, 0.1) is 10.1 Å². The van der Waals surface area contributed by atoms with Crippen molar-refractivity contribution in [3.8, 4) is 17.5 Å². The van der Waals surface area contributed by atoms with Crippen LogP contribution in [0.5, 0.6) is 17.5 Å². The smallest absolute Gasteiger partial charge is 0.490 e. The van der Waals surface area contributed by atoms with Crippen molar-refractivity contribution in [2.45, 2.75) is 51.1 Å². The molecule has 13 heteroatoms. The van der Waals surface area contributed by atoms with Crippen LogP contribution in [0.1, 0.15) is 31.2 Å². The number of unbranched alkanes of at least 4 members (excludes halogenated alkanes) is 2. The highest BCUT2D eigenvalue weighted by Crippen LogP contribution is 2.26. The van der Waals surface area contributed by atoms with Gasteiger partial charge in [-0.05, 0) is 72.7 Å². The van der Waals surface area contributed by atoms with Gasteiger partial charge in [0, 0.05) is 49.8 Å². The molecule has 0 unspecified atom stereocenters. The fourth-order valence-corrected chi connectivity index (χ4v) is 5.21. The second-order valence-electron chi connectivity index (χ2n) is 10.5. The molecule has 2 aliphatic rings. The Morgan fingerprint density at radius 1 is 0.952 bits per heavy atom. The van der Waals surface area contributed by atoms with Crippen LogP contribution in [-0.2, 0) is 13.0 Å². The number of ether oxygens (including phenoxy) is 3. The summed E-state index contributed by atoms with van der Waals surface area (Å²) < 4.78 is 54.1. The van der Waals surface area contributed by atoms with Gasteiger partial charge in [-0.15, -0.1) is 13.2 Å². The number of aryl methyl sites for hydroxylation is 2. The van der Waals surface area contributed by atoms with Gasteiger partial charge in [0.15, 0.2) is 0 Å². The zero-order chi connectivity index (χ0) is 29.5. The minimum atomic E-state index is -4.66. The lowest BCUT2D eigenvalue weighted by Crippen LogP contribution is -2.46. The number of hydrogen-bond acceptors (Lipinski definition) is 8. The Bertz CT molecular complexity index is 1310. The molecule has 0 N–H and O–H groups in total. The largest absolute Gasteiger partial charge is 0.573 e. The topological polar surface area (TPSA) is 95.1 Å². The van der Waals surface area contributed by atoms with E-state index in [9.17, 15) is 23.3 Å². The summed E-state index contributed by atoms with van der Waals surface area (Å²) in [6.07, 6.45) is 1.17. The zero-order valence-electron chi connectivity index (χ0n) is 23.2. The molecule has 1 saturated heterocycles. The summed E-state index contributed by atoms with van der Waals surface area (Å²) in [5, 5.41) is 10.9. The Hall–Kier alpha value is -4.00. The Kier molecular flexibility index (Phi) is 9.35. The molecule has 0 spiro atoms. The zero-order valence-corrected chi connectivity index (χ0v) is 23.2. The Labute approximate surface area is 241 Å². The summed E-state index contributed by atoms with van der Waals surface area (Å²) in [6, 6.07) is 14.4. The molecular formula is C29H34F3N5O5. The first-order chi connectivity index (χ1) is 20.2. The maximum atomic E-state index is 12.3. The number of anilines is 1. The molecule has 2 aliphatic heterocycles. The van der Waals surface area contributed by atoms with Gasteiger partial charge in [0.2, 0.25) is 0 Å². The minimum Gasteiger partial charge on any atom is -0.490 e. The second kappa shape index (κ2) is 13.3. The molecule has 5 rings (SSSR count). The van der Waals surface area contributed by atoms with Crippen molar-refractivity contribution in [2.24, 2.45) is 0 Å². The van der Waals surface area contributed by atoms with E-state index in [0.29, 0.717) is 19.6 Å². The van der Waals surface area contributed by atoms with Crippen LogP contribution in [0.4, 0.5) is 24.7 Å². The van der Waals surface area contributed by atoms with Crippen molar-refractivity contribution in [1.29, 1.82) is 0 Å². The number of benzene rings is 2. The van der Waals surface area contributed by atoms with E-state index in [1.807, 2.05) is 12.1 Å². The molecule has 0 aliphatic carbocycles. The third-order valence-corrected chi connectivity index (χ3v) is 7.49. The van der Waals surface area contributed by atoms with E-state index in [1.54, 1.807) is 16.7 Å². The summed E-state index contributed by atoms with van der Waals surface area (Å²) in [5.74, 6) is 0.338. The normalized spacial score (nSPS) is 17.4. The van der Waals surface area contributed by atoms with Crippen molar-refractivity contribution < 1.29 is 32.3 Å². The second-order valence-corrected chi connectivity index (χ2v) is 10.5. The van der Waals surface area contributed by atoms with Crippen LogP contribution in [-0.4, -0.2) is 71.2 Å². The van der Waals surface area contributed by atoms with Crippen LogP contribution in [0.3, 0.4) is 0 Å². The first kappa shape index (κ1) is 29.5. The predicted octanol–water partition coefficient (Wildman–Crippen LogP) is 5.46. The van der Waals surface area contributed by atoms with E-state index in [1.165, 1.54) is 18.3 Å². The van der Waals surface area contributed by atoms with Gasteiger partial charge in [-0.25, -0.2) is 0 Å². The maximum absolute atomic E-state index is 12.3. The highest BCUT2D eigenvalue weighted by molar-refractivity contribution is 5.49. The van der Waals surface area contributed by atoms with E-state index >= 15 is 0 Å². The molecule has 3 aromatic rings. The molecule has 0 bridgehead atoms. The summed E-state index contributed by atoms with van der Waals surface area (Å²) in [6.45, 7) is 5.84. The van der Waals surface area contributed by atoms with E-state index in [0.717, 1.165) is 75.4 Å². The fraction of sp³-hybridized carbons (Fsp3) is 0.483. The molecule has 3 heterocycles. The molecular weight excluding hydrogens is 555 g/mol. The van der Waals surface area contributed by atoms with Crippen molar-refractivity contribution >= 4 is 11.5 Å². The maximum Gasteiger partial charge on any atom is 0.573 e. The molecule has 1 aromatic heterocycles. The minimum absolute atomic E-state index is 0.188. The molecule has 10 nitrogen and oxygen atoms in total. The molecule has 226 valence electrons. The SMILES string of the molecule is O=[N+]([O-])c1cn2c(n1)O[C@H](COc1ccc(N3CCN(CCCCCc4ccc(OC(F)(F)F)cc4)CC3)cc1)CC2. The van der Waals surface area contributed by atoms with E-state index in [2.05, 4.69) is 31.7 Å². The van der Waals surface area contributed by atoms with Gasteiger partial charge in [0.05, 0.1) is 0 Å².